The summed E-state index contributed by atoms with van der Waals surface area (Å²) < 4.78 is 0. The molecule has 11 N–H and O–H groups in total. The van der Waals surface area contributed by atoms with Crippen LogP contribution in [0.5, 0.6) is 0 Å². The van der Waals surface area contributed by atoms with Crippen molar-refractivity contribution < 1.29 is 29.4 Å². The van der Waals surface area contributed by atoms with Gasteiger partial charge >= 0.3 is 5.97 Å². The molecule has 4 unspecified atom stereocenters. The van der Waals surface area contributed by atoms with Gasteiger partial charge in [-0.1, -0.05) is 27.7 Å². The topological polar surface area (TPSA) is 235 Å². The molecule has 0 aromatic carbocycles. The van der Waals surface area contributed by atoms with E-state index in [9.17, 15) is 29.4 Å². The molecule has 0 saturated heterocycles. The molecule has 0 heterocycles. The van der Waals surface area contributed by atoms with Gasteiger partial charge in [-0.25, -0.2) is 4.79 Å². The standard InChI is InChI=1S/C20H39N7O6/c1-10(2)8-13(17(30)27-15(11(3)4)19(32)33)25-18(31)14(9-28)26-16(29)12(21)6-5-7-24-20(22)23/h10-15,28H,5-9,21H2,1-4H3,(H,25,31)(H,26,29)(H,27,30)(H,32,33)(H4,22,23,24). The number of nitrogens with two attached hydrogens (primary N) is 3. The molecule has 0 aliphatic heterocycles. The van der Waals surface area contributed by atoms with Gasteiger partial charge in [0.1, 0.15) is 18.1 Å². The number of nitrogens with one attached hydrogen (secondary N) is 3. The van der Waals surface area contributed by atoms with Crippen LogP contribution >= 0.6 is 0 Å². The summed E-state index contributed by atoms with van der Waals surface area (Å²) in [6.07, 6.45) is 0.894. The second-order valence-corrected chi connectivity index (χ2v) is 8.56. The SMILES string of the molecule is CC(C)CC(NC(=O)C(CO)NC(=O)C(N)CCCN=C(N)N)C(=O)NC(C(=O)O)C(C)C. The molecule has 190 valence electrons. The van der Waals surface area contributed by atoms with Crippen molar-refractivity contribution in [3.05, 3.63) is 0 Å². The van der Waals surface area contributed by atoms with Crippen LogP contribution < -0.4 is 33.2 Å². The summed E-state index contributed by atoms with van der Waals surface area (Å²) >= 11 is 0. The third kappa shape index (κ3) is 12.0. The van der Waals surface area contributed by atoms with E-state index in [2.05, 4.69) is 20.9 Å². The van der Waals surface area contributed by atoms with Crippen molar-refractivity contribution in [3.63, 3.8) is 0 Å². The third-order valence-electron chi connectivity index (χ3n) is 4.69. The fourth-order valence-corrected chi connectivity index (χ4v) is 2.87. The highest BCUT2D eigenvalue weighted by molar-refractivity contribution is 5.94. The number of rotatable bonds is 15. The van der Waals surface area contributed by atoms with Crippen LogP contribution in [0.25, 0.3) is 0 Å². The molecule has 0 aromatic rings. The van der Waals surface area contributed by atoms with Gasteiger partial charge in [0.25, 0.3) is 0 Å². The van der Waals surface area contributed by atoms with Gasteiger partial charge in [-0.2, -0.15) is 0 Å². The lowest BCUT2D eigenvalue weighted by Crippen LogP contribution is -2.58. The quantitative estimate of drug-likeness (QED) is 0.0717. The highest BCUT2D eigenvalue weighted by atomic mass is 16.4. The molecule has 0 bridgehead atoms. The molecule has 0 radical (unpaired) electrons. The van der Waals surface area contributed by atoms with E-state index >= 15 is 0 Å². The zero-order valence-electron chi connectivity index (χ0n) is 19.7. The molecule has 0 rings (SSSR count). The Bertz CT molecular complexity index is 694. The molecule has 33 heavy (non-hydrogen) atoms. The molecule has 0 fully saturated rings. The van der Waals surface area contributed by atoms with Crippen LogP contribution in [0.2, 0.25) is 0 Å². The van der Waals surface area contributed by atoms with Crippen LogP contribution in [0.1, 0.15) is 47.0 Å². The number of aliphatic hydroxyl groups is 1. The molecule has 0 spiro atoms. The number of aliphatic hydroxyl groups excluding tert-OH is 1. The number of carboxylic acids is 1. The van der Waals surface area contributed by atoms with Crippen LogP contribution in [-0.4, -0.2) is 77.2 Å². The normalized spacial score (nSPS) is 14.7. The van der Waals surface area contributed by atoms with Gasteiger partial charge in [0.2, 0.25) is 17.7 Å². The summed E-state index contributed by atoms with van der Waals surface area (Å²) in [5, 5.41) is 26.2. The van der Waals surface area contributed by atoms with Crippen molar-refractivity contribution in [1.29, 1.82) is 0 Å². The number of carbonyl (C=O) groups excluding carboxylic acids is 3. The molecular formula is C20H39N7O6. The number of guanidine groups is 1. The Morgan fingerprint density at radius 1 is 0.909 bits per heavy atom. The number of nitrogens with zero attached hydrogens (tertiary/aromatic N) is 1. The third-order valence-corrected chi connectivity index (χ3v) is 4.69. The van der Waals surface area contributed by atoms with Gasteiger partial charge in [0, 0.05) is 6.54 Å². The first-order valence-corrected chi connectivity index (χ1v) is 10.9. The lowest BCUT2D eigenvalue weighted by Gasteiger charge is -2.26. The Balaban J connectivity index is 5.12. The lowest BCUT2D eigenvalue weighted by molar-refractivity contribution is -0.143. The number of carbonyl (C=O) groups is 4. The van der Waals surface area contributed by atoms with Crippen molar-refractivity contribution in [3.8, 4) is 0 Å². The maximum atomic E-state index is 12.7. The van der Waals surface area contributed by atoms with Crippen molar-refractivity contribution in [2.45, 2.75) is 71.1 Å². The Hall–Kier alpha value is -2.93. The zero-order chi connectivity index (χ0) is 25.7. The summed E-state index contributed by atoms with van der Waals surface area (Å²) in [4.78, 5) is 52.8. The summed E-state index contributed by atoms with van der Waals surface area (Å²) in [7, 11) is 0. The summed E-state index contributed by atoms with van der Waals surface area (Å²) in [5.74, 6) is -3.78. The Morgan fingerprint density at radius 3 is 1.91 bits per heavy atom. The lowest BCUT2D eigenvalue weighted by atomic mass is 10.00. The highest BCUT2D eigenvalue weighted by Gasteiger charge is 2.31. The predicted octanol–water partition coefficient (Wildman–Crippen LogP) is -2.40. The van der Waals surface area contributed by atoms with E-state index in [-0.39, 0.29) is 37.2 Å². The van der Waals surface area contributed by atoms with Gasteiger partial charge in [0.15, 0.2) is 5.96 Å². The van der Waals surface area contributed by atoms with Crippen molar-refractivity contribution >= 4 is 29.7 Å². The number of amides is 3. The molecular weight excluding hydrogens is 434 g/mol. The average molecular weight is 474 g/mol. The molecule has 13 heteroatoms. The molecule has 0 aliphatic carbocycles. The Morgan fingerprint density at radius 2 is 1.45 bits per heavy atom. The maximum absolute atomic E-state index is 12.7. The van der Waals surface area contributed by atoms with Crippen LogP contribution in [-0.2, 0) is 19.2 Å². The summed E-state index contributed by atoms with van der Waals surface area (Å²) in [6, 6.07) is -4.49. The molecule has 0 aliphatic rings. The molecule has 4 atom stereocenters. The number of aliphatic imine (C=N–C) groups is 1. The van der Waals surface area contributed by atoms with Crippen molar-refractivity contribution in [2.75, 3.05) is 13.2 Å². The van der Waals surface area contributed by atoms with E-state index in [1.165, 1.54) is 0 Å². The van der Waals surface area contributed by atoms with E-state index in [1.807, 2.05) is 13.8 Å². The maximum Gasteiger partial charge on any atom is 0.326 e. The highest BCUT2D eigenvalue weighted by Crippen LogP contribution is 2.08. The van der Waals surface area contributed by atoms with Crippen LogP contribution in [0.15, 0.2) is 4.99 Å². The van der Waals surface area contributed by atoms with E-state index in [0.717, 1.165) is 0 Å². The predicted molar refractivity (Wildman–Crippen MR) is 123 cm³/mol. The van der Waals surface area contributed by atoms with E-state index in [4.69, 9.17) is 17.2 Å². The molecule has 3 amide bonds. The minimum Gasteiger partial charge on any atom is -0.480 e. The van der Waals surface area contributed by atoms with Gasteiger partial charge in [-0.3, -0.25) is 19.4 Å². The fourth-order valence-electron chi connectivity index (χ4n) is 2.87. The Kier molecular flexibility index (Phi) is 13.7. The smallest absolute Gasteiger partial charge is 0.326 e. The second-order valence-electron chi connectivity index (χ2n) is 8.56. The van der Waals surface area contributed by atoms with Crippen molar-refractivity contribution in [1.82, 2.24) is 16.0 Å². The molecule has 13 nitrogen and oxygen atoms in total. The van der Waals surface area contributed by atoms with Gasteiger partial charge in [-0.15, -0.1) is 0 Å². The van der Waals surface area contributed by atoms with Gasteiger partial charge in [0.05, 0.1) is 12.6 Å². The largest absolute Gasteiger partial charge is 0.480 e. The number of carboxylic acid groups (broad SMARTS) is 1. The average Bonchev–Trinajstić information content (AvgIpc) is 2.70. The van der Waals surface area contributed by atoms with Crippen LogP contribution in [0.3, 0.4) is 0 Å². The first kappa shape index (κ1) is 30.1. The first-order chi connectivity index (χ1) is 15.3. The number of hydrogen-bond acceptors (Lipinski definition) is 7. The van der Waals surface area contributed by atoms with Crippen LogP contribution in [0.4, 0.5) is 0 Å². The van der Waals surface area contributed by atoms with E-state index in [1.54, 1.807) is 13.8 Å². The van der Waals surface area contributed by atoms with Crippen LogP contribution in [0, 0.1) is 11.8 Å². The number of hydrogen-bond donors (Lipinski definition) is 8. The Labute approximate surface area is 193 Å². The first-order valence-electron chi connectivity index (χ1n) is 10.9. The minimum atomic E-state index is -1.34. The second kappa shape index (κ2) is 15.0. The minimum absolute atomic E-state index is 0.0100. The fraction of sp³-hybridized carbons (Fsp3) is 0.750. The van der Waals surface area contributed by atoms with Gasteiger partial charge in [-0.05, 0) is 31.1 Å². The summed E-state index contributed by atoms with van der Waals surface area (Å²) in [5.41, 5.74) is 16.2. The monoisotopic (exact) mass is 473 g/mol. The molecule has 0 aromatic heterocycles. The van der Waals surface area contributed by atoms with Gasteiger partial charge < -0.3 is 43.4 Å². The van der Waals surface area contributed by atoms with E-state index in [0.29, 0.717) is 6.42 Å². The number of aliphatic carboxylic acids is 1. The van der Waals surface area contributed by atoms with E-state index < -0.39 is 54.5 Å². The zero-order valence-corrected chi connectivity index (χ0v) is 19.7. The summed E-state index contributed by atoms with van der Waals surface area (Å²) in [6.45, 7) is 6.51. The van der Waals surface area contributed by atoms with Crippen molar-refractivity contribution in [2.24, 2.45) is 34.0 Å². The molecule has 0 saturated carbocycles.